The van der Waals surface area contributed by atoms with Crippen molar-refractivity contribution in [1.82, 2.24) is 4.98 Å². The van der Waals surface area contributed by atoms with E-state index in [0.717, 1.165) is 0 Å². The summed E-state index contributed by atoms with van der Waals surface area (Å²) in [4.78, 5) is 13.3. The molecule has 0 unspecified atom stereocenters. The number of pyridine rings is 1. The van der Waals surface area contributed by atoms with E-state index in [1.54, 1.807) is 0 Å². The molecule has 1 rings (SSSR count). The Labute approximate surface area is 75.3 Å². The summed E-state index contributed by atoms with van der Waals surface area (Å²) in [5, 5.41) is 0. The quantitative estimate of drug-likeness (QED) is 0.551. The second kappa shape index (κ2) is 3.60. The summed E-state index contributed by atoms with van der Waals surface area (Å²) >= 11 is 0. The van der Waals surface area contributed by atoms with E-state index in [0.29, 0.717) is 12.3 Å². The monoisotopic (exact) mass is 209 g/mol. The third kappa shape index (κ3) is 2.68. The summed E-state index contributed by atoms with van der Waals surface area (Å²) in [7, 11) is 0. The number of halogens is 4. The minimum Gasteiger partial charge on any atom is -0.403 e. The Balaban J connectivity index is 3.01. The molecule has 3 nitrogen and oxygen atoms in total. The number of alkyl halides is 3. The molecule has 0 radical (unpaired) electrons. The lowest BCUT2D eigenvalue weighted by molar-refractivity contribution is -0.275. The third-order valence-corrected chi connectivity index (χ3v) is 1.19. The fourth-order valence-electron chi connectivity index (χ4n) is 0.703. The molecule has 0 aromatic carbocycles. The number of carbonyl (C=O) groups is 1. The molecule has 0 atom stereocenters. The average molecular weight is 209 g/mol. The van der Waals surface area contributed by atoms with Crippen LogP contribution in [0.3, 0.4) is 0 Å². The summed E-state index contributed by atoms with van der Waals surface area (Å²) in [5.74, 6) is -2.36. The predicted molar refractivity (Wildman–Crippen MR) is 36.3 cm³/mol. The largest absolute Gasteiger partial charge is 0.573 e. The first kappa shape index (κ1) is 10.4. The first-order valence-corrected chi connectivity index (χ1v) is 3.29. The van der Waals surface area contributed by atoms with Crippen molar-refractivity contribution in [1.29, 1.82) is 0 Å². The van der Waals surface area contributed by atoms with Gasteiger partial charge in [0.15, 0.2) is 17.9 Å². The molecule has 0 aliphatic heterocycles. The van der Waals surface area contributed by atoms with Crippen molar-refractivity contribution in [3.63, 3.8) is 0 Å². The summed E-state index contributed by atoms with van der Waals surface area (Å²) in [6.45, 7) is 0. The number of hydrogen-bond donors (Lipinski definition) is 0. The van der Waals surface area contributed by atoms with Crippen LogP contribution in [0, 0.1) is 5.82 Å². The molecule has 1 heterocycles. The summed E-state index contributed by atoms with van der Waals surface area (Å²) < 4.78 is 50.9. The van der Waals surface area contributed by atoms with Gasteiger partial charge in [-0.05, 0) is 0 Å². The van der Waals surface area contributed by atoms with Crippen LogP contribution in [0.4, 0.5) is 17.6 Å². The molecular formula is C7H3F4NO2. The van der Waals surface area contributed by atoms with E-state index in [-0.39, 0.29) is 12.0 Å². The zero-order valence-electron chi connectivity index (χ0n) is 6.51. The van der Waals surface area contributed by atoms with Gasteiger partial charge in [0, 0.05) is 6.07 Å². The van der Waals surface area contributed by atoms with E-state index in [9.17, 15) is 22.4 Å². The maximum atomic E-state index is 12.6. The van der Waals surface area contributed by atoms with Crippen molar-refractivity contribution in [3.05, 3.63) is 23.8 Å². The van der Waals surface area contributed by atoms with Crippen molar-refractivity contribution < 1.29 is 27.1 Å². The van der Waals surface area contributed by atoms with Crippen molar-refractivity contribution in [2.75, 3.05) is 0 Å². The molecule has 1 aromatic rings. The van der Waals surface area contributed by atoms with Crippen molar-refractivity contribution in [2.24, 2.45) is 0 Å². The maximum absolute atomic E-state index is 12.6. The molecule has 0 bridgehead atoms. The van der Waals surface area contributed by atoms with E-state index in [1.807, 2.05) is 0 Å². The van der Waals surface area contributed by atoms with Gasteiger partial charge in [-0.1, -0.05) is 0 Å². The van der Waals surface area contributed by atoms with Gasteiger partial charge >= 0.3 is 6.36 Å². The van der Waals surface area contributed by atoms with Crippen LogP contribution in [0.15, 0.2) is 12.3 Å². The SMILES string of the molecule is O=Cc1cc(OC(F)(F)F)c(F)cn1. The maximum Gasteiger partial charge on any atom is 0.573 e. The van der Waals surface area contributed by atoms with Crippen LogP contribution < -0.4 is 4.74 Å². The second-order valence-corrected chi connectivity index (χ2v) is 2.21. The standard InChI is InChI=1S/C7H3F4NO2/c8-5-2-12-4(3-13)1-6(5)14-7(9,10)11/h1-3H. The lowest BCUT2D eigenvalue weighted by Crippen LogP contribution is -2.18. The number of rotatable bonds is 2. The Hall–Kier alpha value is -1.66. The highest BCUT2D eigenvalue weighted by molar-refractivity contribution is 5.72. The summed E-state index contributed by atoms with van der Waals surface area (Å²) in [5.41, 5.74) is -0.342. The molecule has 0 aliphatic rings. The minimum absolute atomic E-state index is 0.183. The van der Waals surface area contributed by atoms with Gasteiger partial charge in [0.2, 0.25) is 0 Å². The van der Waals surface area contributed by atoms with E-state index in [2.05, 4.69) is 9.72 Å². The number of aldehydes is 1. The normalized spacial score (nSPS) is 11.1. The zero-order chi connectivity index (χ0) is 10.8. The lowest BCUT2D eigenvalue weighted by Gasteiger charge is -2.08. The van der Waals surface area contributed by atoms with Crippen LogP contribution in [-0.2, 0) is 0 Å². The molecule has 0 saturated carbocycles. The van der Waals surface area contributed by atoms with Crippen LogP contribution in [-0.4, -0.2) is 17.6 Å². The first-order chi connectivity index (χ1) is 6.42. The van der Waals surface area contributed by atoms with Crippen LogP contribution in [0.2, 0.25) is 0 Å². The van der Waals surface area contributed by atoms with E-state index in [1.165, 1.54) is 0 Å². The number of hydrogen-bond acceptors (Lipinski definition) is 3. The van der Waals surface area contributed by atoms with Gasteiger partial charge in [-0.3, -0.25) is 9.78 Å². The fourth-order valence-corrected chi connectivity index (χ4v) is 0.703. The number of carbonyl (C=O) groups excluding carboxylic acids is 1. The Morgan fingerprint density at radius 3 is 2.57 bits per heavy atom. The van der Waals surface area contributed by atoms with Gasteiger partial charge in [0.1, 0.15) is 5.69 Å². The summed E-state index contributed by atoms with van der Waals surface area (Å²) in [6, 6.07) is 0.565. The third-order valence-electron chi connectivity index (χ3n) is 1.19. The minimum atomic E-state index is -5.00. The van der Waals surface area contributed by atoms with Gasteiger partial charge in [-0.2, -0.15) is 0 Å². The molecule has 0 fully saturated rings. The Kier molecular flexibility index (Phi) is 2.68. The van der Waals surface area contributed by atoms with Crippen molar-refractivity contribution in [2.45, 2.75) is 6.36 Å². The van der Waals surface area contributed by atoms with E-state index in [4.69, 9.17) is 0 Å². The molecule has 0 saturated heterocycles. The Bertz CT molecular complexity index is 350. The molecular weight excluding hydrogens is 206 g/mol. The van der Waals surface area contributed by atoms with E-state index < -0.39 is 17.9 Å². The lowest BCUT2D eigenvalue weighted by atomic mass is 10.3. The Morgan fingerprint density at radius 2 is 2.07 bits per heavy atom. The van der Waals surface area contributed by atoms with Gasteiger partial charge in [0.25, 0.3) is 0 Å². The van der Waals surface area contributed by atoms with Crippen molar-refractivity contribution >= 4 is 6.29 Å². The van der Waals surface area contributed by atoms with Gasteiger partial charge < -0.3 is 4.74 Å². The molecule has 0 aliphatic carbocycles. The van der Waals surface area contributed by atoms with Crippen LogP contribution in [0.1, 0.15) is 10.5 Å². The van der Waals surface area contributed by atoms with Crippen molar-refractivity contribution in [3.8, 4) is 5.75 Å². The van der Waals surface area contributed by atoms with Gasteiger partial charge in [0.05, 0.1) is 6.20 Å². The zero-order valence-corrected chi connectivity index (χ0v) is 6.51. The Morgan fingerprint density at radius 1 is 1.43 bits per heavy atom. The molecule has 0 amide bonds. The fraction of sp³-hybridized carbons (Fsp3) is 0.143. The topological polar surface area (TPSA) is 39.2 Å². The number of aromatic nitrogens is 1. The number of ether oxygens (including phenoxy) is 1. The second-order valence-electron chi connectivity index (χ2n) is 2.21. The molecule has 76 valence electrons. The molecule has 1 aromatic heterocycles. The van der Waals surface area contributed by atoms with E-state index >= 15 is 0 Å². The first-order valence-electron chi connectivity index (χ1n) is 3.29. The number of nitrogens with zero attached hydrogens (tertiary/aromatic N) is 1. The molecule has 14 heavy (non-hydrogen) atoms. The highest BCUT2D eigenvalue weighted by Gasteiger charge is 2.32. The van der Waals surface area contributed by atoms with Gasteiger partial charge in [-0.15, -0.1) is 13.2 Å². The van der Waals surface area contributed by atoms with Gasteiger partial charge in [-0.25, -0.2) is 4.39 Å². The average Bonchev–Trinajstić information content (AvgIpc) is 2.06. The highest BCUT2D eigenvalue weighted by Crippen LogP contribution is 2.24. The molecule has 0 spiro atoms. The smallest absolute Gasteiger partial charge is 0.403 e. The molecule has 7 heteroatoms. The summed E-state index contributed by atoms with van der Waals surface area (Å²) in [6.07, 6.45) is -4.34. The van der Waals surface area contributed by atoms with Crippen LogP contribution in [0.25, 0.3) is 0 Å². The molecule has 0 N–H and O–H groups in total. The predicted octanol–water partition coefficient (Wildman–Crippen LogP) is 1.93. The van der Waals surface area contributed by atoms with Crippen LogP contribution >= 0.6 is 0 Å². The highest BCUT2D eigenvalue weighted by atomic mass is 19.4. The van der Waals surface area contributed by atoms with Crippen LogP contribution in [0.5, 0.6) is 5.75 Å².